The van der Waals surface area contributed by atoms with Crippen LogP contribution in [0.3, 0.4) is 0 Å². The van der Waals surface area contributed by atoms with Crippen LogP contribution in [0.15, 0.2) is 34.7 Å². The van der Waals surface area contributed by atoms with E-state index in [0.29, 0.717) is 5.30 Å². The molecule has 0 saturated carbocycles. The molecule has 1 heterocycles. The van der Waals surface area contributed by atoms with Crippen molar-refractivity contribution in [2.45, 2.75) is 0 Å². The SMILES string of the molecule is Fc1cc2c(cc1P)oc1cc(P)ccc12. The summed E-state index contributed by atoms with van der Waals surface area (Å²) in [4.78, 5) is 0. The fourth-order valence-electron chi connectivity index (χ4n) is 1.83. The van der Waals surface area contributed by atoms with Crippen LogP contribution < -0.4 is 10.6 Å². The van der Waals surface area contributed by atoms with Gasteiger partial charge in [-0.1, -0.05) is 6.07 Å². The Hall–Kier alpha value is -0.970. The van der Waals surface area contributed by atoms with E-state index in [4.69, 9.17) is 4.42 Å². The first kappa shape index (κ1) is 10.2. The number of rotatable bonds is 0. The molecule has 0 bridgehead atoms. The van der Waals surface area contributed by atoms with Gasteiger partial charge in [-0.15, -0.1) is 18.5 Å². The Morgan fingerprint density at radius 2 is 1.69 bits per heavy atom. The Bertz CT molecular complexity index is 703. The lowest BCUT2D eigenvalue weighted by atomic mass is 10.1. The van der Waals surface area contributed by atoms with Crippen LogP contribution in [-0.2, 0) is 0 Å². The maximum Gasteiger partial charge on any atom is 0.136 e. The molecular weight excluding hydrogens is 241 g/mol. The zero-order valence-corrected chi connectivity index (χ0v) is 10.6. The summed E-state index contributed by atoms with van der Waals surface area (Å²) in [5.41, 5.74) is 1.51. The molecule has 4 heteroatoms. The first-order chi connectivity index (χ1) is 7.65. The molecule has 2 aromatic carbocycles. The second kappa shape index (κ2) is 3.52. The molecule has 80 valence electrons. The minimum atomic E-state index is -0.227. The molecular formula is C12H9FOP2. The molecule has 1 nitrogen and oxygen atoms in total. The molecule has 0 amide bonds. The first-order valence-corrected chi connectivity index (χ1v) is 5.97. The summed E-state index contributed by atoms with van der Waals surface area (Å²) in [6.07, 6.45) is 0. The molecule has 2 atom stereocenters. The monoisotopic (exact) mass is 250 g/mol. The lowest BCUT2D eigenvalue weighted by molar-refractivity contribution is 0.635. The Labute approximate surface area is 96.4 Å². The van der Waals surface area contributed by atoms with E-state index in [1.807, 2.05) is 18.2 Å². The zero-order valence-electron chi connectivity index (χ0n) is 8.33. The highest BCUT2D eigenvalue weighted by Crippen LogP contribution is 2.28. The summed E-state index contributed by atoms with van der Waals surface area (Å²) < 4.78 is 19.1. The van der Waals surface area contributed by atoms with Crippen molar-refractivity contribution in [2.24, 2.45) is 0 Å². The van der Waals surface area contributed by atoms with Crippen molar-refractivity contribution in [2.75, 3.05) is 0 Å². The molecule has 0 radical (unpaired) electrons. The smallest absolute Gasteiger partial charge is 0.136 e. The van der Waals surface area contributed by atoms with E-state index in [2.05, 4.69) is 18.5 Å². The number of hydrogen-bond donors (Lipinski definition) is 0. The average Bonchev–Trinajstić information content (AvgIpc) is 2.55. The van der Waals surface area contributed by atoms with Crippen molar-refractivity contribution < 1.29 is 8.81 Å². The average molecular weight is 250 g/mol. The number of furan rings is 1. The number of benzene rings is 2. The molecule has 0 aliphatic heterocycles. The zero-order chi connectivity index (χ0) is 11.3. The van der Waals surface area contributed by atoms with E-state index >= 15 is 0 Å². The standard InChI is InChI=1S/C12H9FOP2/c13-9-4-8-7-2-1-6(15)3-10(7)14-11(8)5-12(9)16/h1-5H,15-16H2. The summed E-state index contributed by atoms with van der Waals surface area (Å²) in [5.74, 6) is -0.227. The Balaban J connectivity index is 2.51. The second-order valence-corrected chi connectivity index (χ2v) is 5.02. The highest BCUT2D eigenvalue weighted by molar-refractivity contribution is 7.27. The van der Waals surface area contributed by atoms with Crippen LogP contribution in [0.25, 0.3) is 21.9 Å². The van der Waals surface area contributed by atoms with Gasteiger partial charge in [-0.3, -0.25) is 0 Å². The van der Waals surface area contributed by atoms with Crippen LogP contribution in [0.4, 0.5) is 4.39 Å². The van der Waals surface area contributed by atoms with Gasteiger partial charge in [0, 0.05) is 16.1 Å². The summed E-state index contributed by atoms with van der Waals surface area (Å²) in [7, 11) is 4.98. The number of halogens is 1. The third-order valence-corrected chi connectivity index (χ3v) is 3.42. The predicted octanol–water partition coefficient (Wildman–Crippen LogP) is 2.73. The molecule has 2 unspecified atom stereocenters. The third-order valence-electron chi connectivity index (χ3n) is 2.61. The molecule has 3 aromatic rings. The van der Waals surface area contributed by atoms with E-state index in [1.165, 1.54) is 6.07 Å². The fraction of sp³-hybridized carbons (Fsp3) is 0. The molecule has 1 aromatic heterocycles. The molecule has 0 aliphatic rings. The van der Waals surface area contributed by atoms with Crippen LogP contribution >= 0.6 is 18.5 Å². The van der Waals surface area contributed by atoms with Crippen molar-refractivity contribution in [1.29, 1.82) is 0 Å². The van der Waals surface area contributed by atoms with E-state index in [0.717, 1.165) is 27.2 Å². The van der Waals surface area contributed by atoms with Gasteiger partial charge < -0.3 is 4.42 Å². The number of hydrogen-bond acceptors (Lipinski definition) is 1. The van der Waals surface area contributed by atoms with Gasteiger partial charge in [0.25, 0.3) is 0 Å². The molecule has 0 aliphatic carbocycles. The summed E-state index contributed by atoms with van der Waals surface area (Å²) in [5, 5.41) is 3.35. The summed E-state index contributed by atoms with van der Waals surface area (Å²) >= 11 is 0. The Kier molecular flexibility index (Phi) is 2.24. The largest absolute Gasteiger partial charge is 0.456 e. The topological polar surface area (TPSA) is 13.1 Å². The van der Waals surface area contributed by atoms with Crippen LogP contribution in [0, 0.1) is 5.82 Å². The van der Waals surface area contributed by atoms with Gasteiger partial charge in [0.05, 0.1) is 0 Å². The van der Waals surface area contributed by atoms with E-state index in [1.54, 1.807) is 6.07 Å². The molecule has 0 saturated heterocycles. The van der Waals surface area contributed by atoms with Gasteiger partial charge in [-0.05, 0) is 29.6 Å². The quantitative estimate of drug-likeness (QED) is 0.559. The minimum Gasteiger partial charge on any atom is -0.456 e. The molecule has 3 rings (SSSR count). The first-order valence-electron chi connectivity index (χ1n) is 4.82. The molecule has 0 fully saturated rings. The van der Waals surface area contributed by atoms with Crippen molar-refractivity contribution in [1.82, 2.24) is 0 Å². The minimum absolute atomic E-state index is 0.227. The summed E-state index contributed by atoms with van der Waals surface area (Å²) in [6.45, 7) is 0. The maximum atomic E-state index is 13.5. The lowest BCUT2D eigenvalue weighted by Crippen LogP contribution is -1.95. The molecule has 16 heavy (non-hydrogen) atoms. The van der Waals surface area contributed by atoms with Crippen molar-refractivity contribution in [3.05, 3.63) is 36.1 Å². The molecule has 0 N–H and O–H groups in total. The maximum absolute atomic E-state index is 13.5. The van der Waals surface area contributed by atoms with E-state index in [-0.39, 0.29) is 5.82 Å². The van der Waals surface area contributed by atoms with Crippen LogP contribution in [0.5, 0.6) is 0 Å². The van der Waals surface area contributed by atoms with Gasteiger partial charge >= 0.3 is 0 Å². The third kappa shape index (κ3) is 1.45. The van der Waals surface area contributed by atoms with Crippen molar-refractivity contribution >= 4 is 51.0 Å². The van der Waals surface area contributed by atoms with Gasteiger partial charge in [0.1, 0.15) is 17.0 Å². The van der Waals surface area contributed by atoms with Gasteiger partial charge in [-0.2, -0.15) is 0 Å². The second-order valence-electron chi connectivity index (χ2n) is 3.73. The van der Waals surface area contributed by atoms with Crippen LogP contribution in [0.2, 0.25) is 0 Å². The van der Waals surface area contributed by atoms with Gasteiger partial charge in [-0.25, -0.2) is 4.39 Å². The van der Waals surface area contributed by atoms with Crippen LogP contribution in [-0.4, -0.2) is 0 Å². The lowest BCUT2D eigenvalue weighted by Gasteiger charge is -1.94. The fourth-order valence-corrected chi connectivity index (χ4v) is 2.31. The highest BCUT2D eigenvalue weighted by Gasteiger charge is 2.09. The van der Waals surface area contributed by atoms with Gasteiger partial charge in [0.2, 0.25) is 0 Å². The van der Waals surface area contributed by atoms with Gasteiger partial charge in [0.15, 0.2) is 0 Å². The molecule has 0 spiro atoms. The van der Waals surface area contributed by atoms with Crippen molar-refractivity contribution in [3.63, 3.8) is 0 Å². The van der Waals surface area contributed by atoms with Crippen molar-refractivity contribution in [3.8, 4) is 0 Å². The van der Waals surface area contributed by atoms with E-state index < -0.39 is 0 Å². The normalized spacial score (nSPS) is 11.4. The number of fused-ring (bicyclic) bond motifs is 3. The Morgan fingerprint density at radius 1 is 0.938 bits per heavy atom. The van der Waals surface area contributed by atoms with Crippen LogP contribution in [0.1, 0.15) is 0 Å². The predicted molar refractivity (Wildman–Crippen MR) is 72.4 cm³/mol. The Morgan fingerprint density at radius 3 is 2.50 bits per heavy atom. The highest BCUT2D eigenvalue weighted by atomic mass is 31.0. The van der Waals surface area contributed by atoms with E-state index in [9.17, 15) is 4.39 Å². The summed E-state index contributed by atoms with van der Waals surface area (Å²) in [6, 6.07) is 9.07.